The first-order valence-electron chi connectivity index (χ1n) is 12.9. The van der Waals surface area contributed by atoms with Crippen molar-refractivity contribution in [1.29, 1.82) is 0 Å². The minimum Gasteiger partial charge on any atom is -0.486 e. The molecule has 194 valence electrons. The molecule has 0 unspecified atom stereocenters. The zero-order chi connectivity index (χ0) is 25.8. The van der Waals surface area contributed by atoms with Gasteiger partial charge in [-0.3, -0.25) is 14.5 Å². The van der Waals surface area contributed by atoms with Crippen molar-refractivity contribution in [2.75, 3.05) is 18.1 Å². The number of rotatable bonds is 8. The molecule has 1 aromatic heterocycles. The zero-order valence-corrected chi connectivity index (χ0v) is 21.2. The third-order valence-corrected chi connectivity index (χ3v) is 6.81. The predicted molar refractivity (Wildman–Crippen MR) is 137 cm³/mol. The number of hydrogen-bond donors (Lipinski definition) is 1. The Morgan fingerprint density at radius 2 is 1.81 bits per heavy atom. The van der Waals surface area contributed by atoms with Crippen molar-refractivity contribution in [1.82, 2.24) is 25.5 Å². The molecule has 37 heavy (non-hydrogen) atoms. The van der Waals surface area contributed by atoms with E-state index in [0.29, 0.717) is 42.6 Å². The smallest absolute Gasteiger partial charge is 0.251 e. The molecule has 0 bridgehead atoms. The molecule has 5 rings (SSSR count). The maximum absolute atomic E-state index is 13.8. The fourth-order valence-corrected chi connectivity index (χ4v) is 4.86. The van der Waals surface area contributed by atoms with Gasteiger partial charge in [-0.25, -0.2) is 0 Å². The molecule has 10 heteroatoms. The molecule has 1 aliphatic carbocycles. The van der Waals surface area contributed by atoms with Crippen molar-refractivity contribution in [3.63, 3.8) is 0 Å². The average Bonchev–Trinajstić information content (AvgIpc) is 3.59. The summed E-state index contributed by atoms with van der Waals surface area (Å²) in [6.07, 6.45) is 4.58. The molecule has 3 aromatic rings. The third-order valence-electron chi connectivity index (χ3n) is 6.81. The van der Waals surface area contributed by atoms with Gasteiger partial charge >= 0.3 is 0 Å². The maximum atomic E-state index is 13.8. The number of benzene rings is 2. The summed E-state index contributed by atoms with van der Waals surface area (Å²) in [5.74, 6) is 1.12. The number of carbonyl (C=O) groups is 2. The van der Waals surface area contributed by atoms with E-state index in [1.807, 2.05) is 38.1 Å². The highest BCUT2D eigenvalue weighted by Crippen LogP contribution is 2.35. The van der Waals surface area contributed by atoms with Gasteiger partial charge in [-0.1, -0.05) is 49.6 Å². The standard InChI is InChI=1S/C27H32N6O4/c1-3-22(27(35)28-20-6-4-5-7-20)33(21-12-13-23-24(16-21)37-15-14-36-23)25(34)17-32-30-26(29-31-32)19-10-8-18(2)9-11-19/h8-13,16,20,22H,3-7,14-15,17H2,1-2H3,(H,28,35)/t22-/m1/s1. The van der Waals surface area contributed by atoms with Gasteiger partial charge in [-0.15, -0.1) is 10.2 Å². The molecule has 0 radical (unpaired) electrons. The molecule has 10 nitrogen and oxygen atoms in total. The van der Waals surface area contributed by atoms with Crippen LogP contribution in [0.4, 0.5) is 5.69 Å². The summed E-state index contributed by atoms with van der Waals surface area (Å²) >= 11 is 0. The molecule has 1 aliphatic heterocycles. The van der Waals surface area contributed by atoms with Crippen molar-refractivity contribution < 1.29 is 19.1 Å². The summed E-state index contributed by atoms with van der Waals surface area (Å²) in [7, 11) is 0. The molecule has 1 fully saturated rings. The monoisotopic (exact) mass is 504 g/mol. The topological polar surface area (TPSA) is 111 Å². The number of carbonyl (C=O) groups excluding carboxylic acids is 2. The van der Waals surface area contributed by atoms with E-state index in [4.69, 9.17) is 9.47 Å². The first kappa shape index (κ1) is 24.7. The Bertz CT molecular complexity index is 1250. The van der Waals surface area contributed by atoms with E-state index in [1.54, 1.807) is 18.2 Å². The van der Waals surface area contributed by atoms with E-state index in [-0.39, 0.29) is 24.4 Å². The van der Waals surface area contributed by atoms with Gasteiger partial charge in [0.05, 0.1) is 0 Å². The third kappa shape index (κ3) is 5.58. The Labute approximate surface area is 215 Å². The molecule has 0 saturated heterocycles. The highest BCUT2D eigenvalue weighted by Gasteiger charge is 2.33. The van der Waals surface area contributed by atoms with E-state index in [9.17, 15) is 9.59 Å². The summed E-state index contributed by atoms with van der Waals surface area (Å²) in [4.78, 5) is 29.9. The summed E-state index contributed by atoms with van der Waals surface area (Å²) < 4.78 is 11.4. The van der Waals surface area contributed by atoms with Crippen LogP contribution in [0.2, 0.25) is 0 Å². The first-order chi connectivity index (χ1) is 18.0. The Kier molecular flexibility index (Phi) is 7.34. The largest absolute Gasteiger partial charge is 0.486 e. The number of nitrogens with one attached hydrogen (secondary N) is 1. The van der Waals surface area contributed by atoms with E-state index in [1.165, 1.54) is 9.70 Å². The molecule has 2 heterocycles. The molecule has 1 saturated carbocycles. The van der Waals surface area contributed by atoms with Gasteiger partial charge in [0.2, 0.25) is 11.7 Å². The number of aromatic nitrogens is 4. The summed E-state index contributed by atoms with van der Waals surface area (Å²) in [6.45, 7) is 4.64. The number of tetrazole rings is 1. The summed E-state index contributed by atoms with van der Waals surface area (Å²) in [5.41, 5.74) is 2.50. The number of anilines is 1. The summed E-state index contributed by atoms with van der Waals surface area (Å²) in [6, 6.07) is 12.5. The van der Waals surface area contributed by atoms with Crippen molar-refractivity contribution in [3.8, 4) is 22.9 Å². The maximum Gasteiger partial charge on any atom is 0.251 e. The fraction of sp³-hybridized carbons (Fsp3) is 0.444. The van der Waals surface area contributed by atoms with Gasteiger partial charge in [0.15, 0.2) is 11.5 Å². The fourth-order valence-electron chi connectivity index (χ4n) is 4.86. The van der Waals surface area contributed by atoms with Crippen LogP contribution in [0.5, 0.6) is 11.5 Å². The van der Waals surface area contributed by atoms with E-state index < -0.39 is 6.04 Å². The molecule has 1 atom stereocenters. The Hall–Kier alpha value is -3.95. The van der Waals surface area contributed by atoms with Crippen molar-refractivity contribution >= 4 is 17.5 Å². The Balaban J connectivity index is 1.42. The lowest BCUT2D eigenvalue weighted by Gasteiger charge is -2.32. The highest BCUT2D eigenvalue weighted by atomic mass is 16.6. The second-order valence-electron chi connectivity index (χ2n) is 9.52. The van der Waals surface area contributed by atoms with Crippen LogP contribution in [0.15, 0.2) is 42.5 Å². The van der Waals surface area contributed by atoms with E-state index in [2.05, 4.69) is 20.7 Å². The second kappa shape index (κ2) is 11.0. The molecule has 2 amide bonds. The van der Waals surface area contributed by atoms with Crippen LogP contribution in [-0.2, 0) is 16.1 Å². The highest BCUT2D eigenvalue weighted by molar-refractivity contribution is 6.01. The quantitative estimate of drug-likeness (QED) is 0.501. The molecule has 2 aromatic carbocycles. The summed E-state index contributed by atoms with van der Waals surface area (Å²) in [5, 5.41) is 15.8. The van der Waals surface area contributed by atoms with Crippen LogP contribution in [0.3, 0.4) is 0 Å². The molecule has 1 N–H and O–H groups in total. The second-order valence-corrected chi connectivity index (χ2v) is 9.52. The minimum absolute atomic E-state index is 0.146. The molecular weight excluding hydrogens is 472 g/mol. The van der Waals surface area contributed by atoms with Crippen LogP contribution in [-0.4, -0.2) is 57.3 Å². The predicted octanol–water partition coefficient (Wildman–Crippen LogP) is 3.29. The number of ether oxygens (including phenoxy) is 2. The zero-order valence-electron chi connectivity index (χ0n) is 21.2. The van der Waals surface area contributed by atoms with Crippen LogP contribution < -0.4 is 19.7 Å². The van der Waals surface area contributed by atoms with Gasteiger partial charge in [0, 0.05) is 23.4 Å². The van der Waals surface area contributed by atoms with Crippen LogP contribution in [0, 0.1) is 6.92 Å². The lowest BCUT2D eigenvalue weighted by molar-refractivity contribution is -0.127. The van der Waals surface area contributed by atoms with Crippen molar-refractivity contribution in [2.45, 2.75) is 64.6 Å². The van der Waals surface area contributed by atoms with Crippen LogP contribution in [0.25, 0.3) is 11.4 Å². The van der Waals surface area contributed by atoms with Gasteiger partial charge < -0.3 is 14.8 Å². The van der Waals surface area contributed by atoms with Crippen molar-refractivity contribution in [3.05, 3.63) is 48.0 Å². The van der Waals surface area contributed by atoms with Crippen LogP contribution >= 0.6 is 0 Å². The Morgan fingerprint density at radius 3 is 2.54 bits per heavy atom. The van der Waals surface area contributed by atoms with Gasteiger partial charge in [-0.2, -0.15) is 4.80 Å². The van der Waals surface area contributed by atoms with E-state index in [0.717, 1.165) is 36.8 Å². The lowest BCUT2D eigenvalue weighted by atomic mass is 10.1. The number of nitrogens with zero attached hydrogens (tertiary/aromatic N) is 5. The van der Waals surface area contributed by atoms with Gasteiger partial charge in [0.1, 0.15) is 25.8 Å². The first-order valence-corrected chi connectivity index (χ1v) is 12.9. The lowest BCUT2D eigenvalue weighted by Crippen LogP contribution is -2.52. The number of amides is 2. The number of aryl methyl sites for hydroxylation is 1. The van der Waals surface area contributed by atoms with Gasteiger partial charge in [-0.05, 0) is 43.5 Å². The van der Waals surface area contributed by atoms with E-state index >= 15 is 0 Å². The van der Waals surface area contributed by atoms with Crippen LogP contribution in [0.1, 0.15) is 44.6 Å². The molecule has 0 spiro atoms. The number of fused-ring (bicyclic) bond motifs is 1. The normalized spacial score (nSPS) is 15.8. The van der Waals surface area contributed by atoms with Crippen molar-refractivity contribution in [2.24, 2.45) is 0 Å². The average molecular weight is 505 g/mol. The molecular formula is C27H32N6O4. The Morgan fingerprint density at radius 1 is 1.08 bits per heavy atom. The number of hydrogen-bond acceptors (Lipinski definition) is 7. The SMILES string of the molecule is CC[C@H](C(=O)NC1CCCC1)N(C(=O)Cn1nnc(-c2ccc(C)cc2)n1)c1ccc2c(c1)OCCO2. The molecule has 2 aliphatic rings. The van der Waals surface area contributed by atoms with Gasteiger partial charge in [0.25, 0.3) is 5.91 Å². The minimum atomic E-state index is -0.698.